The second-order valence-electron chi connectivity index (χ2n) is 10.0. The Balaban J connectivity index is 1.74. The van der Waals surface area contributed by atoms with E-state index in [1.165, 1.54) is 64.2 Å². The molecule has 0 aliphatic carbocycles. The third-order valence-electron chi connectivity index (χ3n) is 5.72. The Morgan fingerprint density at radius 1 is 0.912 bits per heavy atom. The molecule has 0 saturated heterocycles. The highest BCUT2D eigenvalue weighted by Gasteiger charge is 2.39. The second-order valence-corrected chi connectivity index (χ2v) is 10.0. The summed E-state index contributed by atoms with van der Waals surface area (Å²) in [6.45, 7) is 8.14. The van der Waals surface area contributed by atoms with Crippen LogP contribution < -0.4 is 4.74 Å². The quantitative estimate of drug-likeness (QED) is 0.184. The highest BCUT2D eigenvalue weighted by Crippen LogP contribution is 2.26. The molecular weight excluding hydrogens is 430 g/mol. The number of benzene rings is 1. The van der Waals surface area contributed by atoms with Gasteiger partial charge in [-0.25, -0.2) is 9.59 Å². The van der Waals surface area contributed by atoms with Crippen LogP contribution in [0.5, 0.6) is 5.75 Å². The lowest BCUT2D eigenvalue weighted by atomic mass is 10.0. The van der Waals surface area contributed by atoms with Gasteiger partial charge in [-0.05, 0) is 39.3 Å². The minimum atomic E-state index is -1.18. The Hall–Kier alpha value is -2.37. The lowest BCUT2D eigenvalue weighted by Crippen LogP contribution is -2.37. The fraction of sp³-hybridized carbons (Fsp3) is 0.679. The zero-order valence-electron chi connectivity index (χ0n) is 21.6. The van der Waals surface area contributed by atoms with E-state index in [1.54, 1.807) is 26.8 Å². The van der Waals surface area contributed by atoms with Gasteiger partial charge in [-0.3, -0.25) is 0 Å². The third kappa shape index (κ3) is 10.3. The molecule has 0 saturated carbocycles. The maximum atomic E-state index is 12.6. The van der Waals surface area contributed by atoms with Gasteiger partial charge < -0.3 is 14.2 Å². The van der Waals surface area contributed by atoms with E-state index in [1.807, 2.05) is 18.2 Å². The summed E-state index contributed by atoms with van der Waals surface area (Å²) < 4.78 is 16.6. The molecule has 1 unspecified atom stereocenters. The molecule has 2 rings (SSSR count). The third-order valence-corrected chi connectivity index (χ3v) is 5.72. The number of esters is 1. The predicted octanol–water partition coefficient (Wildman–Crippen LogP) is 7.42. The van der Waals surface area contributed by atoms with Crippen molar-refractivity contribution in [2.75, 3.05) is 6.61 Å². The number of rotatable bonds is 16. The molecule has 1 amide bonds. The van der Waals surface area contributed by atoms with Gasteiger partial charge in [0.25, 0.3) is 0 Å². The smallest absolute Gasteiger partial charge is 0.435 e. The fourth-order valence-electron chi connectivity index (χ4n) is 3.99. The SMILES string of the molecule is CCCCCCCCCCCCCCOc1ccccc1C1=NC(=O)OC1C(=O)OC(C)(C)C. The predicted molar refractivity (Wildman–Crippen MR) is 136 cm³/mol. The van der Waals surface area contributed by atoms with Gasteiger partial charge in [-0.2, -0.15) is 4.99 Å². The van der Waals surface area contributed by atoms with Crippen LogP contribution in [0.3, 0.4) is 0 Å². The number of ether oxygens (including phenoxy) is 3. The number of nitrogens with zero attached hydrogens (tertiary/aromatic N) is 1. The van der Waals surface area contributed by atoms with E-state index in [-0.39, 0.29) is 5.71 Å². The molecule has 1 aromatic carbocycles. The topological polar surface area (TPSA) is 74.2 Å². The molecule has 1 aromatic rings. The highest BCUT2D eigenvalue weighted by molar-refractivity contribution is 6.21. The van der Waals surface area contributed by atoms with Crippen LogP contribution in [0.2, 0.25) is 0 Å². The van der Waals surface area contributed by atoms with Crippen LogP contribution in [-0.2, 0) is 14.3 Å². The normalized spacial score (nSPS) is 15.7. The van der Waals surface area contributed by atoms with Crippen LogP contribution >= 0.6 is 0 Å². The average Bonchev–Trinajstić information content (AvgIpc) is 3.18. The van der Waals surface area contributed by atoms with Gasteiger partial charge in [0.2, 0.25) is 6.10 Å². The van der Waals surface area contributed by atoms with Crippen molar-refractivity contribution in [3.8, 4) is 5.75 Å². The first-order valence-corrected chi connectivity index (χ1v) is 13.1. The van der Waals surface area contributed by atoms with Crippen molar-refractivity contribution in [2.24, 2.45) is 4.99 Å². The van der Waals surface area contributed by atoms with Crippen molar-refractivity contribution in [1.82, 2.24) is 0 Å². The molecule has 0 spiro atoms. The van der Waals surface area contributed by atoms with Crippen LogP contribution in [0.15, 0.2) is 29.3 Å². The van der Waals surface area contributed by atoms with Gasteiger partial charge in [0, 0.05) is 5.56 Å². The molecule has 0 N–H and O–H groups in total. The Morgan fingerprint density at radius 3 is 2.06 bits per heavy atom. The second kappa shape index (κ2) is 14.8. The number of unbranched alkanes of at least 4 members (excludes halogenated alkanes) is 11. The van der Waals surface area contributed by atoms with E-state index in [4.69, 9.17) is 14.2 Å². The Bertz CT molecular complexity index is 796. The zero-order chi connectivity index (χ0) is 24.8. The maximum absolute atomic E-state index is 12.6. The molecule has 0 fully saturated rings. The summed E-state index contributed by atoms with van der Waals surface area (Å²) in [6.07, 6.45) is 13.5. The number of hydrogen-bond donors (Lipinski definition) is 0. The summed E-state index contributed by atoms with van der Waals surface area (Å²) in [7, 11) is 0. The Labute approximate surface area is 205 Å². The molecule has 0 bridgehead atoms. The largest absolute Gasteiger partial charge is 0.493 e. The number of aliphatic imine (C=N–C) groups is 1. The Kier molecular flexibility index (Phi) is 12.1. The van der Waals surface area contributed by atoms with E-state index in [0.29, 0.717) is 17.9 Å². The van der Waals surface area contributed by atoms with Gasteiger partial charge >= 0.3 is 12.1 Å². The number of carbonyl (C=O) groups excluding carboxylic acids is 2. The van der Waals surface area contributed by atoms with Crippen molar-refractivity contribution >= 4 is 17.8 Å². The number of hydrogen-bond acceptors (Lipinski definition) is 5. The van der Waals surface area contributed by atoms with Gasteiger partial charge in [0.05, 0.1) is 6.61 Å². The number of para-hydroxylation sites is 1. The van der Waals surface area contributed by atoms with Crippen LogP contribution in [0.4, 0.5) is 4.79 Å². The zero-order valence-corrected chi connectivity index (χ0v) is 21.6. The standard InChI is InChI=1S/C28H43NO5/c1-5-6-7-8-9-10-11-12-13-14-15-18-21-32-23-20-17-16-19-22(23)24-25(33-27(31)29-24)26(30)34-28(2,3)4/h16-17,19-20,25H,5-15,18,21H2,1-4H3. The van der Waals surface area contributed by atoms with E-state index >= 15 is 0 Å². The molecule has 0 radical (unpaired) electrons. The van der Waals surface area contributed by atoms with Crippen molar-refractivity contribution in [1.29, 1.82) is 0 Å². The molecule has 1 aliphatic rings. The van der Waals surface area contributed by atoms with E-state index in [2.05, 4.69) is 11.9 Å². The molecule has 34 heavy (non-hydrogen) atoms. The molecule has 190 valence electrons. The summed E-state index contributed by atoms with van der Waals surface area (Å²) in [5.74, 6) is -0.0379. The van der Waals surface area contributed by atoms with Crippen molar-refractivity contribution < 1.29 is 23.8 Å². The minimum absolute atomic E-state index is 0.240. The summed E-state index contributed by atoms with van der Waals surface area (Å²) in [5, 5.41) is 0. The highest BCUT2D eigenvalue weighted by atomic mass is 16.6. The number of carbonyl (C=O) groups is 2. The molecule has 6 nitrogen and oxygen atoms in total. The van der Waals surface area contributed by atoms with Crippen LogP contribution in [0.25, 0.3) is 0 Å². The van der Waals surface area contributed by atoms with E-state index in [0.717, 1.165) is 12.8 Å². The van der Waals surface area contributed by atoms with Gasteiger partial charge in [-0.1, -0.05) is 89.7 Å². The monoisotopic (exact) mass is 473 g/mol. The summed E-state index contributed by atoms with van der Waals surface area (Å²) in [5.41, 5.74) is 0.134. The summed E-state index contributed by atoms with van der Waals surface area (Å²) in [4.78, 5) is 28.4. The summed E-state index contributed by atoms with van der Waals surface area (Å²) in [6, 6.07) is 7.30. The number of cyclic esters (lactones) is 1. The molecule has 1 atom stereocenters. The minimum Gasteiger partial charge on any atom is -0.493 e. The Morgan fingerprint density at radius 2 is 1.47 bits per heavy atom. The molecule has 1 aliphatic heterocycles. The van der Waals surface area contributed by atoms with Crippen molar-refractivity contribution in [2.45, 2.75) is 116 Å². The summed E-state index contributed by atoms with van der Waals surface area (Å²) >= 11 is 0. The fourth-order valence-corrected chi connectivity index (χ4v) is 3.99. The molecule has 1 heterocycles. The lowest BCUT2D eigenvalue weighted by Gasteiger charge is -2.22. The molecular formula is C28H43NO5. The number of amides is 1. The van der Waals surface area contributed by atoms with Gasteiger partial charge in [0.1, 0.15) is 17.1 Å². The van der Waals surface area contributed by atoms with E-state index in [9.17, 15) is 9.59 Å². The van der Waals surface area contributed by atoms with Crippen molar-refractivity contribution in [3.63, 3.8) is 0 Å². The first-order valence-electron chi connectivity index (χ1n) is 13.1. The maximum Gasteiger partial charge on any atom is 0.435 e. The molecule has 6 heteroatoms. The van der Waals surface area contributed by atoms with Gasteiger partial charge in [0.15, 0.2) is 0 Å². The molecule has 0 aromatic heterocycles. The van der Waals surface area contributed by atoms with Crippen LogP contribution in [0.1, 0.15) is 110 Å². The van der Waals surface area contributed by atoms with Gasteiger partial charge in [-0.15, -0.1) is 0 Å². The van der Waals surface area contributed by atoms with Crippen LogP contribution in [-0.4, -0.2) is 36.1 Å². The lowest BCUT2D eigenvalue weighted by molar-refractivity contribution is -0.160. The van der Waals surface area contributed by atoms with Crippen molar-refractivity contribution in [3.05, 3.63) is 29.8 Å². The first kappa shape index (κ1) is 27.9. The van der Waals surface area contributed by atoms with E-state index < -0.39 is 23.8 Å². The average molecular weight is 474 g/mol. The van der Waals surface area contributed by atoms with Crippen LogP contribution in [0, 0.1) is 0 Å². The first-order chi connectivity index (χ1) is 16.3.